The molecular weight excluding hydrogens is 212 g/mol. The van der Waals surface area contributed by atoms with E-state index < -0.39 is 0 Å². The molecule has 0 aromatic heterocycles. The standard InChI is InChI=1S/C14H26N2O/c1-10-4-3-7-16(9-10)14(17)12-5-6-13(15)11(2)8-12/h10-13H,3-9,15H2,1-2H3. The zero-order chi connectivity index (χ0) is 12.4. The Morgan fingerprint density at radius 1 is 1.24 bits per heavy atom. The Kier molecular flexibility index (Phi) is 4.08. The maximum atomic E-state index is 12.4. The van der Waals surface area contributed by atoms with Crippen LogP contribution in [0.15, 0.2) is 0 Å². The zero-order valence-corrected chi connectivity index (χ0v) is 11.2. The minimum atomic E-state index is 0.245. The van der Waals surface area contributed by atoms with E-state index in [-0.39, 0.29) is 5.92 Å². The molecular formula is C14H26N2O. The van der Waals surface area contributed by atoms with Crippen LogP contribution < -0.4 is 5.73 Å². The van der Waals surface area contributed by atoms with Gasteiger partial charge in [-0.2, -0.15) is 0 Å². The van der Waals surface area contributed by atoms with Crippen molar-refractivity contribution >= 4 is 5.91 Å². The summed E-state index contributed by atoms with van der Waals surface area (Å²) in [6.45, 7) is 6.37. The molecule has 1 saturated heterocycles. The highest BCUT2D eigenvalue weighted by atomic mass is 16.2. The summed E-state index contributed by atoms with van der Waals surface area (Å²) in [7, 11) is 0. The van der Waals surface area contributed by atoms with E-state index in [9.17, 15) is 4.79 Å². The van der Waals surface area contributed by atoms with Gasteiger partial charge >= 0.3 is 0 Å². The first kappa shape index (κ1) is 12.9. The highest BCUT2D eigenvalue weighted by Crippen LogP contribution is 2.30. The van der Waals surface area contributed by atoms with Crippen LogP contribution in [0.2, 0.25) is 0 Å². The second kappa shape index (κ2) is 5.38. The first-order chi connectivity index (χ1) is 8.08. The zero-order valence-electron chi connectivity index (χ0n) is 11.2. The smallest absolute Gasteiger partial charge is 0.225 e. The molecule has 0 aromatic rings. The van der Waals surface area contributed by atoms with Gasteiger partial charge in [-0.05, 0) is 43.9 Å². The number of rotatable bonds is 1. The molecule has 3 heteroatoms. The molecule has 4 unspecified atom stereocenters. The lowest BCUT2D eigenvalue weighted by atomic mass is 9.78. The number of carbonyl (C=O) groups excluding carboxylic acids is 1. The SMILES string of the molecule is CC1CCCN(C(=O)C2CCC(N)C(C)C2)C1. The largest absolute Gasteiger partial charge is 0.342 e. The molecule has 17 heavy (non-hydrogen) atoms. The third-order valence-corrected chi connectivity index (χ3v) is 4.55. The van der Waals surface area contributed by atoms with Crippen LogP contribution in [0.5, 0.6) is 0 Å². The van der Waals surface area contributed by atoms with E-state index in [0.717, 1.165) is 32.4 Å². The molecule has 2 fully saturated rings. The van der Waals surface area contributed by atoms with Gasteiger partial charge in [0.1, 0.15) is 0 Å². The molecule has 3 nitrogen and oxygen atoms in total. The van der Waals surface area contributed by atoms with Crippen LogP contribution in [-0.4, -0.2) is 29.9 Å². The van der Waals surface area contributed by atoms with E-state index in [1.165, 1.54) is 12.8 Å². The number of hydrogen-bond acceptors (Lipinski definition) is 2. The number of amides is 1. The lowest BCUT2D eigenvalue weighted by Gasteiger charge is -2.37. The van der Waals surface area contributed by atoms with Gasteiger partial charge in [0.2, 0.25) is 5.91 Å². The molecule has 1 saturated carbocycles. The summed E-state index contributed by atoms with van der Waals surface area (Å²) < 4.78 is 0. The second-order valence-electron chi connectivity index (χ2n) is 6.18. The first-order valence-electron chi connectivity index (χ1n) is 7.12. The molecule has 1 aliphatic heterocycles. The molecule has 0 bridgehead atoms. The maximum absolute atomic E-state index is 12.4. The van der Waals surface area contributed by atoms with Gasteiger partial charge in [-0.15, -0.1) is 0 Å². The molecule has 0 spiro atoms. The Bertz CT molecular complexity index is 279. The van der Waals surface area contributed by atoms with Crippen LogP contribution in [0.1, 0.15) is 46.0 Å². The van der Waals surface area contributed by atoms with Gasteiger partial charge in [0.05, 0.1) is 0 Å². The number of hydrogen-bond donors (Lipinski definition) is 1. The van der Waals surface area contributed by atoms with Crippen LogP contribution in [-0.2, 0) is 4.79 Å². The fourth-order valence-corrected chi connectivity index (χ4v) is 3.29. The van der Waals surface area contributed by atoms with Crippen molar-refractivity contribution in [2.75, 3.05) is 13.1 Å². The van der Waals surface area contributed by atoms with Crippen LogP contribution in [0.25, 0.3) is 0 Å². The third-order valence-electron chi connectivity index (χ3n) is 4.55. The van der Waals surface area contributed by atoms with Gasteiger partial charge in [-0.25, -0.2) is 0 Å². The maximum Gasteiger partial charge on any atom is 0.225 e. The van der Waals surface area contributed by atoms with Crippen LogP contribution >= 0.6 is 0 Å². The van der Waals surface area contributed by atoms with Crippen LogP contribution in [0, 0.1) is 17.8 Å². The van der Waals surface area contributed by atoms with E-state index in [0.29, 0.717) is 23.8 Å². The van der Waals surface area contributed by atoms with Crippen molar-refractivity contribution in [3.8, 4) is 0 Å². The lowest BCUT2D eigenvalue weighted by Crippen LogP contribution is -2.45. The number of piperidine rings is 1. The van der Waals surface area contributed by atoms with Gasteiger partial charge < -0.3 is 10.6 Å². The third kappa shape index (κ3) is 3.01. The van der Waals surface area contributed by atoms with E-state index in [4.69, 9.17) is 5.73 Å². The average Bonchev–Trinajstić information content (AvgIpc) is 2.32. The normalized spacial score (nSPS) is 39.1. The van der Waals surface area contributed by atoms with Gasteiger partial charge in [-0.1, -0.05) is 13.8 Å². The van der Waals surface area contributed by atoms with Gasteiger partial charge in [-0.3, -0.25) is 4.79 Å². The van der Waals surface area contributed by atoms with Crippen LogP contribution in [0.3, 0.4) is 0 Å². The van der Waals surface area contributed by atoms with E-state index >= 15 is 0 Å². The molecule has 1 heterocycles. The summed E-state index contributed by atoms with van der Waals surface area (Å²) in [5.74, 6) is 1.82. The summed E-state index contributed by atoms with van der Waals surface area (Å²) >= 11 is 0. The summed E-state index contributed by atoms with van der Waals surface area (Å²) in [6, 6.07) is 0.305. The Hall–Kier alpha value is -0.570. The number of likely N-dealkylation sites (tertiary alicyclic amines) is 1. The molecule has 4 atom stereocenters. The van der Waals surface area contributed by atoms with E-state index in [2.05, 4.69) is 18.7 Å². The quantitative estimate of drug-likeness (QED) is 0.759. The predicted octanol–water partition coefficient (Wildman–Crippen LogP) is 2.01. The Morgan fingerprint density at radius 2 is 2.00 bits per heavy atom. The fourth-order valence-electron chi connectivity index (χ4n) is 3.29. The van der Waals surface area contributed by atoms with Crippen molar-refractivity contribution in [2.45, 2.75) is 52.0 Å². The van der Waals surface area contributed by atoms with E-state index in [1.54, 1.807) is 0 Å². The molecule has 1 amide bonds. The van der Waals surface area contributed by atoms with Gasteiger partial charge in [0, 0.05) is 25.0 Å². The molecule has 2 aliphatic rings. The monoisotopic (exact) mass is 238 g/mol. The Morgan fingerprint density at radius 3 is 2.65 bits per heavy atom. The average molecular weight is 238 g/mol. The first-order valence-corrected chi connectivity index (χ1v) is 7.12. The van der Waals surface area contributed by atoms with Crippen molar-refractivity contribution in [1.29, 1.82) is 0 Å². The van der Waals surface area contributed by atoms with Crippen molar-refractivity contribution in [2.24, 2.45) is 23.5 Å². The predicted molar refractivity (Wildman–Crippen MR) is 69.5 cm³/mol. The highest BCUT2D eigenvalue weighted by Gasteiger charge is 2.33. The molecule has 98 valence electrons. The lowest BCUT2D eigenvalue weighted by molar-refractivity contribution is -0.138. The summed E-state index contributed by atoms with van der Waals surface area (Å²) in [5.41, 5.74) is 6.02. The van der Waals surface area contributed by atoms with Crippen molar-refractivity contribution in [3.63, 3.8) is 0 Å². The summed E-state index contributed by atoms with van der Waals surface area (Å²) in [5, 5.41) is 0. The number of carbonyl (C=O) groups is 1. The Balaban J connectivity index is 1.91. The number of nitrogens with two attached hydrogens (primary N) is 1. The second-order valence-corrected chi connectivity index (χ2v) is 6.18. The van der Waals surface area contributed by atoms with Crippen LogP contribution in [0.4, 0.5) is 0 Å². The Labute approximate surface area is 105 Å². The van der Waals surface area contributed by atoms with Crippen molar-refractivity contribution in [1.82, 2.24) is 4.90 Å². The minimum Gasteiger partial charge on any atom is -0.342 e. The highest BCUT2D eigenvalue weighted by molar-refractivity contribution is 5.79. The molecule has 2 rings (SSSR count). The van der Waals surface area contributed by atoms with Gasteiger partial charge in [0.15, 0.2) is 0 Å². The van der Waals surface area contributed by atoms with Crippen molar-refractivity contribution in [3.05, 3.63) is 0 Å². The van der Waals surface area contributed by atoms with E-state index in [1.807, 2.05) is 0 Å². The summed E-state index contributed by atoms with van der Waals surface area (Å²) in [6.07, 6.45) is 5.45. The topological polar surface area (TPSA) is 46.3 Å². The summed E-state index contributed by atoms with van der Waals surface area (Å²) in [4.78, 5) is 14.5. The number of nitrogens with zero attached hydrogens (tertiary/aromatic N) is 1. The molecule has 0 radical (unpaired) electrons. The van der Waals surface area contributed by atoms with Crippen molar-refractivity contribution < 1.29 is 4.79 Å². The fraction of sp³-hybridized carbons (Fsp3) is 0.929. The van der Waals surface area contributed by atoms with Gasteiger partial charge in [0.25, 0.3) is 0 Å². The minimum absolute atomic E-state index is 0.245. The molecule has 1 aliphatic carbocycles. The molecule has 0 aromatic carbocycles. The molecule has 2 N–H and O–H groups in total.